The fourth-order valence-corrected chi connectivity index (χ4v) is 3.65. The number of halogens is 1. The van der Waals surface area contributed by atoms with Crippen LogP contribution in [0.4, 0.5) is 5.69 Å². The van der Waals surface area contributed by atoms with Gasteiger partial charge in [0.15, 0.2) is 6.10 Å². The monoisotopic (exact) mass is 383 g/mol. The number of fused-ring (bicyclic) bond motifs is 2. The minimum absolute atomic E-state index is 0.137. The Morgan fingerprint density at radius 3 is 2.85 bits per heavy atom. The maximum Gasteiger partial charge on any atom is 0.336 e. The fraction of sp³-hybridized carbons (Fsp3) is 0.238. The molecule has 5 nitrogen and oxygen atoms in total. The maximum atomic E-state index is 12.9. The number of aryl methyl sites for hydroxylation is 1. The van der Waals surface area contributed by atoms with Crippen molar-refractivity contribution in [2.24, 2.45) is 0 Å². The largest absolute Gasteiger partial charge is 0.479 e. The highest BCUT2D eigenvalue weighted by Crippen LogP contribution is 2.33. The average molecular weight is 384 g/mol. The summed E-state index contributed by atoms with van der Waals surface area (Å²) in [7, 11) is 0. The quantitative estimate of drug-likeness (QED) is 0.638. The number of carbonyl (C=O) groups is 1. The minimum atomic E-state index is -0.734. The van der Waals surface area contributed by atoms with Crippen LogP contribution in [-0.2, 0) is 11.2 Å². The molecule has 0 saturated heterocycles. The van der Waals surface area contributed by atoms with Gasteiger partial charge in [-0.25, -0.2) is 4.79 Å². The van der Waals surface area contributed by atoms with Crippen molar-refractivity contribution in [1.82, 2.24) is 0 Å². The molecule has 4 rings (SSSR count). The van der Waals surface area contributed by atoms with Crippen LogP contribution in [0.25, 0.3) is 11.0 Å². The lowest BCUT2D eigenvalue weighted by Gasteiger charge is -2.23. The standard InChI is InChI=1S/C21H18ClNO4/c1-12-9-20(24)27-18-11-19(16(22)10-15(12)18)26-13(2)21(25)23-8-7-14-5-3-4-6-17(14)23/h3-6,9-11,13H,7-8H2,1-2H3. The van der Waals surface area contributed by atoms with Crippen LogP contribution < -0.4 is 15.3 Å². The summed E-state index contributed by atoms with van der Waals surface area (Å²) in [6.07, 6.45) is 0.0955. The fourth-order valence-electron chi connectivity index (χ4n) is 3.44. The molecular weight excluding hydrogens is 366 g/mol. The van der Waals surface area contributed by atoms with Gasteiger partial charge >= 0.3 is 5.63 Å². The highest BCUT2D eigenvalue weighted by molar-refractivity contribution is 6.32. The van der Waals surface area contributed by atoms with Crippen LogP contribution in [0.15, 0.2) is 51.7 Å². The Labute approximate surface area is 161 Å². The van der Waals surface area contributed by atoms with Crippen LogP contribution in [-0.4, -0.2) is 18.6 Å². The molecule has 1 unspecified atom stereocenters. The molecule has 138 valence electrons. The summed E-state index contributed by atoms with van der Waals surface area (Å²) < 4.78 is 11.1. The smallest absolute Gasteiger partial charge is 0.336 e. The highest BCUT2D eigenvalue weighted by Gasteiger charge is 2.29. The molecule has 2 aromatic carbocycles. The second-order valence-electron chi connectivity index (χ2n) is 6.66. The van der Waals surface area contributed by atoms with E-state index in [-0.39, 0.29) is 5.91 Å². The van der Waals surface area contributed by atoms with Crippen LogP contribution in [0, 0.1) is 6.92 Å². The van der Waals surface area contributed by atoms with Gasteiger partial charge in [0.05, 0.1) is 5.02 Å². The van der Waals surface area contributed by atoms with Crippen LogP contribution in [0.2, 0.25) is 5.02 Å². The second-order valence-corrected chi connectivity index (χ2v) is 7.06. The van der Waals surface area contributed by atoms with Crippen LogP contribution >= 0.6 is 11.6 Å². The number of nitrogens with zero attached hydrogens (tertiary/aromatic N) is 1. The average Bonchev–Trinajstić information content (AvgIpc) is 3.06. The predicted molar refractivity (Wildman–Crippen MR) is 105 cm³/mol. The van der Waals surface area contributed by atoms with Gasteiger partial charge in [0, 0.05) is 29.8 Å². The second kappa shape index (κ2) is 6.74. The summed E-state index contributed by atoms with van der Waals surface area (Å²) >= 11 is 6.33. The molecule has 0 aliphatic carbocycles. The molecule has 0 N–H and O–H groups in total. The van der Waals surface area contributed by atoms with Crippen molar-refractivity contribution in [3.63, 3.8) is 0 Å². The molecule has 0 bridgehead atoms. The number of benzene rings is 2. The van der Waals surface area contributed by atoms with E-state index in [0.717, 1.165) is 28.6 Å². The molecule has 3 aromatic rings. The molecule has 1 amide bonds. The van der Waals surface area contributed by atoms with E-state index in [9.17, 15) is 9.59 Å². The summed E-state index contributed by atoms with van der Waals surface area (Å²) in [5, 5.41) is 1.10. The zero-order valence-corrected chi connectivity index (χ0v) is 15.7. The van der Waals surface area contributed by atoms with Crippen molar-refractivity contribution < 1.29 is 13.9 Å². The Hall–Kier alpha value is -2.79. The van der Waals surface area contributed by atoms with Gasteiger partial charge in [-0.3, -0.25) is 4.79 Å². The van der Waals surface area contributed by atoms with E-state index in [1.165, 1.54) is 6.07 Å². The third kappa shape index (κ3) is 3.19. The third-order valence-corrected chi connectivity index (χ3v) is 5.10. The normalized spacial score (nSPS) is 14.3. The molecule has 6 heteroatoms. The van der Waals surface area contributed by atoms with Crippen molar-refractivity contribution in [3.05, 3.63) is 69.0 Å². The van der Waals surface area contributed by atoms with Gasteiger partial charge in [0.2, 0.25) is 0 Å². The van der Waals surface area contributed by atoms with E-state index >= 15 is 0 Å². The molecule has 27 heavy (non-hydrogen) atoms. The number of para-hydroxylation sites is 1. The van der Waals surface area contributed by atoms with E-state index in [1.807, 2.05) is 31.2 Å². The molecule has 0 saturated carbocycles. The van der Waals surface area contributed by atoms with E-state index in [4.69, 9.17) is 20.8 Å². The Kier molecular flexibility index (Phi) is 4.40. The van der Waals surface area contributed by atoms with Crippen LogP contribution in [0.1, 0.15) is 18.1 Å². The first kappa shape index (κ1) is 17.6. The lowest BCUT2D eigenvalue weighted by molar-refractivity contribution is -0.124. The Bertz CT molecular complexity index is 1110. The van der Waals surface area contributed by atoms with Gasteiger partial charge in [-0.15, -0.1) is 0 Å². The van der Waals surface area contributed by atoms with Gasteiger partial charge in [0.1, 0.15) is 11.3 Å². The molecular formula is C21H18ClNO4. The van der Waals surface area contributed by atoms with Crippen molar-refractivity contribution in [1.29, 1.82) is 0 Å². The Morgan fingerprint density at radius 2 is 2.04 bits per heavy atom. The molecule has 1 atom stereocenters. The number of hydrogen-bond acceptors (Lipinski definition) is 4. The first-order valence-electron chi connectivity index (χ1n) is 8.74. The topological polar surface area (TPSA) is 59.8 Å². The van der Waals surface area contributed by atoms with E-state index < -0.39 is 11.7 Å². The highest BCUT2D eigenvalue weighted by atomic mass is 35.5. The first-order valence-corrected chi connectivity index (χ1v) is 9.12. The van der Waals surface area contributed by atoms with Crippen LogP contribution in [0.5, 0.6) is 5.75 Å². The zero-order chi connectivity index (χ0) is 19.1. The van der Waals surface area contributed by atoms with Gasteiger partial charge in [-0.2, -0.15) is 0 Å². The lowest BCUT2D eigenvalue weighted by Crippen LogP contribution is -2.39. The Morgan fingerprint density at radius 1 is 1.26 bits per heavy atom. The van der Waals surface area contributed by atoms with E-state index in [2.05, 4.69) is 0 Å². The minimum Gasteiger partial charge on any atom is -0.479 e. The van der Waals surface area contributed by atoms with Crippen molar-refractivity contribution in [2.75, 3.05) is 11.4 Å². The number of carbonyl (C=O) groups excluding carboxylic acids is 1. The number of rotatable bonds is 3. The molecule has 1 aliphatic heterocycles. The number of amides is 1. The van der Waals surface area contributed by atoms with Crippen molar-refractivity contribution >= 4 is 34.2 Å². The van der Waals surface area contributed by atoms with E-state index in [1.54, 1.807) is 24.0 Å². The molecule has 0 spiro atoms. The summed E-state index contributed by atoms with van der Waals surface area (Å²) in [5.41, 5.74) is 2.78. The van der Waals surface area contributed by atoms with Crippen molar-refractivity contribution in [3.8, 4) is 5.75 Å². The molecule has 0 radical (unpaired) electrons. The van der Waals surface area contributed by atoms with Gasteiger partial charge < -0.3 is 14.1 Å². The molecule has 1 aromatic heterocycles. The molecule has 0 fully saturated rings. The van der Waals surface area contributed by atoms with Gasteiger partial charge in [-0.1, -0.05) is 29.8 Å². The van der Waals surface area contributed by atoms with Gasteiger partial charge in [-0.05, 0) is 43.5 Å². The summed E-state index contributed by atoms with van der Waals surface area (Å²) in [5.74, 6) is 0.174. The SMILES string of the molecule is Cc1cc(=O)oc2cc(OC(C)C(=O)N3CCc4ccccc43)c(Cl)cc12. The number of hydrogen-bond donors (Lipinski definition) is 0. The summed E-state index contributed by atoms with van der Waals surface area (Å²) in [6, 6.07) is 12.5. The predicted octanol–water partition coefficient (Wildman–Crippen LogP) is 4.11. The van der Waals surface area contributed by atoms with E-state index in [0.29, 0.717) is 22.9 Å². The van der Waals surface area contributed by atoms with Gasteiger partial charge in [0.25, 0.3) is 5.91 Å². The summed E-state index contributed by atoms with van der Waals surface area (Å²) in [6.45, 7) is 4.13. The first-order chi connectivity index (χ1) is 12.9. The Balaban J connectivity index is 1.61. The summed E-state index contributed by atoms with van der Waals surface area (Å²) in [4.78, 5) is 26.2. The van der Waals surface area contributed by atoms with Crippen molar-refractivity contribution in [2.45, 2.75) is 26.4 Å². The lowest BCUT2D eigenvalue weighted by atomic mass is 10.1. The third-order valence-electron chi connectivity index (χ3n) is 4.81. The molecule has 1 aliphatic rings. The molecule has 2 heterocycles. The zero-order valence-electron chi connectivity index (χ0n) is 15.0. The maximum absolute atomic E-state index is 12.9. The van der Waals surface area contributed by atoms with Crippen LogP contribution in [0.3, 0.4) is 0 Å². The number of anilines is 1. The number of ether oxygens (including phenoxy) is 1.